The van der Waals surface area contributed by atoms with Crippen LogP contribution in [0.25, 0.3) is 10.9 Å². The molecule has 0 amide bonds. The number of nitrogens with zero attached hydrogens (tertiary/aromatic N) is 1. The van der Waals surface area contributed by atoms with Crippen LogP contribution < -0.4 is 0 Å². The summed E-state index contributed by atoms with van der Waals surface area (Å²) in [6, 6.07) is 11.7. The van der Waals surface area contributed by atoms with Crippen molar-refractivity contribution < 1.29 is 0 Å². The minimum atomic E-state index is 1.07. The molecule has 1 heterocycles. The summed E-state index contributed by atoms with van der Waals surface area (Å²) in [6.45, 7) is 2.27. The minimum Gasteiger partial charge on any atom is -0.256 e. The van der Waals surface area contributed by atoms with Crippen molar-refractivity contribution in [3.63, 3.8) is 0 Å². The van der Waals surface area contributed by atoms with E-state index in [-0.39, 0.29) is 0 Å². The molecule has 0 N–H and O–H groups in total. The number of hydrogen-bond acceptors (Lipinski definition) is 1. The van der Waals surface area contributed by atoms with E-state index < -0.39 is 0 Å². The molecule has 0 saturated heterocycles. The van der Waals surface area contributed by atoms with E-state index >= 15 is 0 Å². The molecular formula is C19H26N. The lowest BCUT2D eigenvalue weighted by Crippen LogP contribution is -1.88. The predicted molar refractivity (Wildman–Crippen MR) is 86.9 cm³/mol. The molecule has 0 aliphatic carbocycles. The Morgan fingerprint density at radius 3 is 2.50 bits per heavy atom. The van der Waals surface area contributed by atoms with E-state index in [1.807, 2.05) is 12.3 Å². The van der Waals surface area contributed by atoms with Crippen LogP contribution >= 0.6 is 0 Å². The van der Waals surface area contributed by atoms with Crippen LogP contribution in [0.1, 0.15) is 63.9 Å². The third-order valence-electron chi connectivity index (χ3n) is 3.91. The Hall–Kier alpha value is -1.37. The molecule has 1 aromatic carbocycles. The highest BCUT2D eigenvalue weighted by molar-refractivity contribution is 5.78. The number of aromatic nitrogens is 1. The van der Waals surface area contributed by atoms with Crippen LogP contribution in [-0.2, 0) is 6.42 Å². The van der Waals surface area contributed by atoms with Gasteiger partial charge >= 0.3 is 0 Å². The summed E-state index contributed by atoms with van der Waals surface area (Å²) in [5.74, 6) is 0. The number of aryl methyl sites for hydroxylation is 1. The lowest BCUT2D eigenvalue weighted by molar-refractivity contribution is 0.575. The SMILES string of the molecule is CCCCCCCCCCc1ccc2[c]ccnc2c1. The van der Waals surface area contributed by atoms with E-state index in [9.17, 15) is 0 Å². The third-order valence-corrected chi connectivity index (χ3v) is 3.91. The van der Waals surface area contributed by atoms with Crippen molar-refractivity contribution >= 4 is 10.9 Å². The maximum atomic E-state index is 4.40. The van der Waals surface area contributed by atoms with E-state index in [0.29, 0.717) is 0 Å². The van der Waals surface area contributed by atoms with E-state index in [4.69, 9.17) is 0 Å². The van der Waals surface area contributed by atoms with Crippen molar-refractivity contribution in [2.45, 2.75) is 64.7 Å². The van der Waals surface area contributed by atoms with E-state index in [2.05, 4.69) is 36.2 Å². The maximum absolute atomic E-state index is 4.40. The molecule has 1 radical (unpaired) electrons. The highest BCUT2D eigenvalue weighted by Crippen LogP contribution is 2.15. The number of fused-ring (bicyclic) bond motifs is 1. The summed E-state index contributed by atoms with van der Waals surface area (Å²) >= 11 is 0. The summed E-state index contributed by atoms with van der Waals surface area (Å²) < 4.78 is 0. The lowest BCUT2D eigenvalue weighted by atomic mass is 10.0. The number of hydrogen-bond donors (Lipinski definition) is 0. The van der Waals surface area contributed by atoms with Gasteiger partial charge in [-0.25, -0.2) is 0 Å². The summed E-state index contributed by atoms with van der Waals surface area (Å²) in [5.41, 5.74) is 2.49. The fourth-order valence-electron chi connectivity index (χ4n) is 2.67. The Morgan fingerprint density at radius 2 is 1.70 bits per heavy atom. The van der Waals surface area contributed by atoms with Gasteiger partial charge in [-0.15, -0.1) is 0 Å². The Bertz CT molecular complexity index is 504. The molecule has 2 aromatic rings. The highest BCUT2D eigenvalue weighted by atomic mass is 14.6. The fourth-order valence-corrected chi connectivity index (χ4v) is 2.67. The zero-order valence-corrected chi connectivity index (χ0v) is 12.7. The monoisotopic (exact) mass is 268 g/mol. The summed E-state index contributed by atoms with van der Waals surface area (Å²) in [7, 11) is 0. The Morgan fingerprint density at radius 1 is 0.950 bits per heavy atom. The van der Waals surface area contributed by atoms with Crippen molar-refractivity contribution in [3.05, 3.63) is 42.1 Å². The van der Waals surface area contributed by atoms with Crippen LogP contribution in [-0.4, -0.2) is 4.98 Å². The molecular weight excluding hydrogens is 242 g/mol. The van der Waals surface area contributed by atoms with Gasteiger partial charge in [0.25, 0.3) is 0 Å². The molecule has 20 heavy (non-hydrogen) atoms. The number of rotatable bonds is 9. The van der Waals surface area contributed by atoms with Gasteiger partial charge in [0.1, 0.15) is 0 Å². The molecule has 1 heteroatoms. The number of pyridine rings is 1. The Balaban J connectivity index is 1.65. The quantitative estimate of drug-likeness (QED) is 0.530. The van der Waals surface area contributed by atoms with Crippen molar-refractivity contribution in [2.75, 3.05) is 0 Å². The van der Waals surface area contributed by atoms with Gasteiger partial charge in [0.2, 0.25) is 0 Å². The third kappa shape index (κ3) is 4.96. The van der Waals surface area contributed by atoms with Crippen LogP contribution in [0.3, 0.4) is 0 Å². The molecule has 2 rings (SSSR count). The first-order valence-corrected chi connectivity index (χ1v) is 8.15. The topological polar surface area (TPSA) is 12.9 Å². The van der Waals surface area contributed by atoms with Gasteiger partial charge in [-0.3, -0.25) is 4.98 Å². The summed E-state index contributed by atoms with van der Waals surface area (Å²) in [6.07, 6.45) is 14.1. The molecule has 0 fully saturated rings. The fraction of sp³-hybridized carbons (Fsp3) is 0.526. The van der Waals surface area contributed by atoms with Crippen LogP contribution in [0.5, 0.6) is 0 Å². The smallest absolute Gasteiger partial charge is 0.0710 e. The van der Waals surface area contributed by atoms with Crippen LogP contribution in [0.15, 0.2) is 30.5 Å². The standard InChI is InChI=1S/C19H26N/c1-2-3-4-5-6-7-8-9-11-17-13-14-18-12-10-15-20-19(18)16-17/h10,13-16H,2-9,11H2,1H3. The van der Waals surface area contributed by atoms with Gasteiger partial charge in [0.05, 0.1) is 5.52 Å². The van der Waals surface area contributed by atoms with Gasteiger partial charge in [-0.1, -0.05) is 64.0 Å². The molecule has 0 spiro atoms. The molecule has 1 aromatic heterocycles. The highest BCUT2D eigenvalue weighted by Gasteiger charge is 1.98. The van der Waals surface area contributed by atoms with Crippen LogP contribution in [0.2, 0.25) is 0 Å². The Kier molecular flexibility index (Phi) is 6.56. The Labute approximate surface area is 123 Å². The van der Waals surface area contributed by atoms with Crippen LogP contribution in [0.4, 0.5) is 0 Å². The second-order valence-electron chi connectivity index (χ2n) is 5.67. The second kappa shape index (κ2) is 8.73. The molecule has 0 aliphatic rings. The lowest BCUT2D eigenvalue weighted by Gasteiger charge is -2.04. The van der Waals surface area contributed by atoms with E-state index in [0.717, 1.165) is 10.9 Å². The number of benzene rings is 1. The largest absolute Gasteiger partial charge is 0.256 e. The van der Waals surface area contributed by atoms with E-state index in [1.165, 1.54) is 63.4 Å². The summed E-state index contributed by atoms with van der Waals surface area (Å²) in [5, 5.41) is 1.12. The first-order chi connectivity index (χ1) is 9.90. The zero-order chi connectivity index (χ0) is 14.0. The van der Waals surface area contributed by atoms with Gasteiger partial charge in [-0.2, -0.15) is 0 Å². The molecule has 107 valence electrons. The number of unbranched alkanes of at least 4 members (excludes halogenated alkanes) is 7. The molecule has 0 bridgehead atoms. The zero-order valence-electron chi connectivity index (χ0n) is 12.7. The first kappa shape index (κ1) is 15.0. The van der Waals surface area contributed by atoms with Gasteiger partial charge in [0, 0.05) is 11.6 Å². The molecule has 0 aliphatic heterocycles. The normalized spacial score (nSPS) is 11.1. The average molecular weight is 268 g/mol. The van der Waals surface area contributed by atoms with Crippen LogP contribution in [0, 0.1) is 6.07 Å². The molecule has 0 unspecified atom stereocenters. The van der Waals surface area contributed by atoms with Gasteiger partial charge in [-0.05, 0) is 36.6 Å². The molecule has 0 atom stereocenters. The van der Waals surface area contributed by atoms with Crippen molar-refractivity contribution in [2.24, 2.45) is 0 Å². The molecule has 1 nitrogen and oxygen atoms in total. The maximum Gasteiger partial charge on any atom is 0.0710 e. The van der Waals surface area contributed by atoms with Crippen molar-refractivity contribution in [1.29, 1.82) is 0 Å². The van der Waals surface area contributed by atoms with E-state index in [1.54, 1.807) is 0 Å². The minimum absolute atomic E-state index is 1.07. The average Bonchev–Trinajstić information content (AvgIpc) is 2.50. The first-order valence-electron chi connectivity index (χ1n) is 8.15. The van der Waals surface area contributed by atoms with Gasteiger partial charge in [0.15, 0.2) is 0 Å². The van der Waals surface area contributed by atoms with Gasteiger partial charge < -0.3 is 0 Å². The summed E-state index contributed by atoms with van der Waals surface area (Å²) in [4.78, 5) is 4.40. The molecule has 0 saturated carbocycles. The second-order valence-corrected chi connectivity index (χ2v) is 5.67. The van der Waals surface area contributed by atoms with Crippen molar-refractivity contribution in [3.8, 4) is 0 Å². The predicted octanol–water partition coefficient (Wildman–Crippen LogP) is 5.72. The van der Waals surface area contributed by atoms with Crippen molar-refractivity contribution in [1.82, 2.24) is 4.98 Å².